The number of aryl methyl sites for hydroxylation is 1. The smallest absolute Gasteiger partial charge is 0.259 e. The number of hydrogen-bond donors (Lipinski definition) is 1. The quantitative estimate of drug-likeness (QED) is 0.627. The number of nitrogens with one attached hydrogen (secondary N) is 1. The van der Waals surface area contributed by atoms with Gasteiger partial charge in [-0.3, -0.25) is 14.5 Å². The van der Waals surface area contributed by atoms with E-state index < -0.39 is 5.54 Å². The van der Waals surface area contributed by atoms with E-state index in [9.17, 15) is 9.59 Å². The number of amides is 2. The summed E-state index contributed by atoms with van der Waals surface area (Å²) in [6, 6.07) is 23.0. The molecule has 0 fully saturated rings. The zero-order valence-electron chi connectivity index (χ0n) is 18.7. The lowest BCUT2D eigenvalue weighted by Gasteiger charge is -2.44. The number of ether oxygens (including phenoxy) is 1. The number of fused-ring (bicyclic) bond motifs is 1. The van der Waals surface area contributed by atoms with E-state index in [1.54, 1.807) is 12.0 Å². The summed E-state index contributed by atoms with van der Waals surface area (Å²) in [7, 11) is 1.62. The standard InChI is InChI=1S/C27H28N2O3/c1-4-19-8-7-10-22(16-19)29-25(30)24-11-6-5-9-21(24)17-27(29,2)26(31)28-18-20-12-14-23(32-3)15-13-20/h5-16H,4,17-18H2,1-3H3,(H,28,31)/t27-/m1/s1. The third-order valence-corrected chi connectivity index (χ3v) is 6.16. The molecule has 5 heteroatoms. The number of anilines is 1. The van der Waals surface area contributed by atoms with E-state index in [1.165, 1.54) is 0 Å². The molecule has 1 heterocycles. The van der Waals surface area contributed by atoms with Crippen molar-refractivity contribution in [2.45, 2.75) is 38.8 Å². The van der Waals surface area contributed by atoms with Gasteiger partial charge in [-0.15, -0.1) is 0 Å². The van der Waals surface area contributed by atoms with Gasteiger partial charge in [0.1, 0.15) is 11.3 Å². The summed E-state index contributed by atoms with van der Waals surface area (Å²) in [6.45, 7) is 4.30. The third-order valence-electron chi connectivity index (χ3n) is 6.16. The van der Waals surface area contributed by atoms with Crippen molar-refractivity contribution < 1.29 is 14.3 Å². The molecule has 0 aromatic heterocycles. The Bertz CT molecular complexity index is 1140. The Labute approximate surface area is 189 Å². The molecular weight excluding hydrogens is 400 g/mol. The van der Waals surface area contributed by atoms with Crippen LogP contribution in [-0.4, -0.2) is 24.5 Å². The molecule has 5 nitrogen and oxygen atoms in total. The van der Waals surface area contributed by atoms with E-state index >= 15 is 0 Å². The molecule has 3 aromatic carbocycles. The Morgan fingerprint density at radius 3 is 2.50 bits per heavy atom. The number of nitrogens with zero attached hydrogens (tertiary/aromatic N) is 1. The fourth-order valence-electron chi connectivity index (χ4n) is 4.29. The molecule has 1 N–H and O–H groups in total. The van der Waals surface area contributed by atoms with Crippen molar-refractivity contribution in [3.8, 4) is 5.75 Å². The molecule has 1 aliphatic heterocycles. The molecule has 0 radical (unpaired) electrons. The average Bonchev–Trinajstić information content (AvgIpc) is 2.83. The van der Waals surface area contributed by atoms with Gasteiger partial charge in [-0.05, 0) is 60.4 Å². The second kappa shape index (κ2) is 8.87. The van der Waals surface area contributed by atoms with Crippen LogP contribution < -0.4 is 15.0 Å². The van der Waals surface area contributed by atoms with E-state index in [1.807, 2.05) is 79.7 Å². The summed E-state index contributed by atoms with van der Waals surface area (Å²) in [6.07, 6.45) is 1.30. The number of carbonyl (C=O) groups is 2. The van der Waals surface area contributed by atoms with Gasteiger partial charge >= 0.3 is 0 Å². The van der Waals surface area contributed by atoms with Crippen LogP contribution in [0.4, 0.5) is 5.69 Å². The third kappa shape index (κ3) is 3.98. The Balaban J connectivity index is 1.68. The van der Waals surface area contributed by atoms with Gasteiger partial charge in [0.2, 0.25) is 5.91 Å². The van der Waals surface area contributed by atoms with Crippen LogP contribution in [0.25, 0.3) is 0 Å². The molecular formula is C27H28N2O3. The van der Waals surface area contributed by atoms with E-state index in [4.69, 9.17) is 4.74 Å². The molecule has 1 atom stereocenters. The second-order valence-corrected chi connectivity index (χ2v) is 8.30. The molecule has 4 rings (SSSR count). The van der Waals surface area contributed by atoms with Crippen LogP contribution in [0.15, 0.2) is 72.8 Å². The maximum atomic E-state index is 13.6. The molecule has 0 spiro atoms. The first-order chi connectivity index (χ1) is 15.5. The molecule has 3 aromatic rings. The van der Waals surface area contributed by atoms with Gasteiger partial charge in [0.05, 0.1) is 7.11 Å². The maximum absolute atomic E-state index is 13.6. The Morgan fingerprint density at radius 1 is 1.03 bits per heavy atom. The lowest BCUT2D eigenvalue weighted by atomic mass is 9.82. The first-order valence-corrected chi connectivity index (χ1v) is 10.9. The first kappa shape index (κ1) is 21.6. The van der Waals surface area contributed by atoms with E-state index in [-0.39, 0.29) is 11.8 Å². The summed E-state index contributed by atoms with van der Waals surface area (Å²) in [5.41, 5.74) is 3.31. The molecule has 0 bridgehead atoms. The SMILES string of the molecule is CCc1cccc(N2C(=O)c3ccccc3C[C@]2(C)C(=O)NCc2ccc(OC)cc2)c1. The highest BCUT2D eigenvalue weighted by Gasteiger charge is 2.47. The monoisotopic (exact) mass is 428 g/mol. The minimum Gasteiger partial charge on any atom is -0.497 e. The highest BCUT2D eigenvalue weighted by Crippen LogP contribution is 2.36. The van der Waals surface area contributed by atoms with Crippen LogP contribution in [0.5, 0.6) is 5.75 Å². The number of hydrogen-bond acceptors (Lipinski definition) is 3. The summed E-state index contributed by atoms with van der Waals surface area (Å²) in [5.74, 6) is 0.434. The molecule has 0 unspecified atom stereocenters. The van der Waals surface area contributed by atoms with Crippen LogP contribution in [0.3, 0.4) is 0 Å². The van der Waals surface area contributed by atoms with Gasteiger partial charge in [0.25, 0.3) is 5.91 Å². The van der Waals surface area contributed by atoms with E-state index in [0.29, 0.717) is 18.5 Å². The van der Waals surface area contributed by atoms with Gasteiger partial charge in [0.15, 0.2) is 0 Å². The predicted octanol–water partition coefficient (Wildman–Crippen LogP) is 4.54. The molecule has 0 aliphatic carbocycles. The van der Waals surface area contributed by atoms with Crippen molar-refractivity contribution in [2.24, 2.45) is 0 Å². The van der Waals surface area contributed by atoms with Crippen LogP contribution in [0, 0.1) is 0 Å². The van der Waals surface area contributed by atoms with Crippen LogP contribution in [0.2, 0.25) is 0 Å². The molecule has 2 amide bonds. The van der Waals surface area contributed by atoms with Gasteiger partial charge in [-0.25, -0.2) is 0 Å². The minimum atomic E-state index is -1.05. The normalized spacial score (nSPS) is 17.6. The van der Waals surface area contributed by atoms with Crippen molar-refractivity contribution in [1.29, 1.82) is 0 Å². The number of rotatable bonds is 6. The maximum Gasteiger partial charge on any atom is 0.259 e. The molecule has 32 heavy (non-hydrogen) atoms. The highest BCUT2D eigenvalue weighted by atomic mass is 16.5. The van der Waals surface area contributed by atoms with Crippen LogP contribution >= 0.6 is 0 Å². The average molecular weight is 429 g/mol. The lowest BCUT2D eigenvalue weighted by molar-refractivity contribution is -0.126. The van der Waals surface area contributed by atoms with Gasteiger partial charge in [-0.2, -0.15) is 0 Å². The molecule has 0 saturated carbocycles. The Hall–Kier alpha value is -3.60. The molecule has 164 valence electrons. The van der Waals surface area contributed by atoms with Crippen molar-refractivity contribution in [3.05, 3.63) is 95.1 Å². The van der Waals surface area contributed by atoms with Crippen molar-refractivity contribution in [3.63, 3.8) is 0 Å². The van der Waals surface area contributed by atoms with E-state index in [0.717, 1.165) is 34.5 Å². The topological polar surface area (TPSA) is 58.6 Å². The first-order valence-electron chi connectivity index (χ1n) is 10.9. The lowest BCUT2D eigenvalue weighted by Crippen LogP contribution is -2.63. The second-order valence-electron chi connectivity index (χ2n) is 8.30. The summed E-state index contributed by atoms with van der Waals surface area (Å²) < 4.78 is 5.20. The zero-order valence-corrected chi connectivity index (χ0v) is 18.7. The molecule has 1 aliphatic rings. The fraction of sp³-hybridized carbons (Fsp3) is 0.259. The highest BCUT2D eigenvalue weighted by molar-refractivity contribution is 6.14. The number of methoxy groups -OCH3 is 1. The summed E-state index contributed by atoms with van der Waals surface area (Å²) in [4.78, 5) is 28.9. The van der Waals surface area contributed by atoms with Crippen molar-refractivity contribution in [2.75, 3.05) is 12.0 Å². The number of benzene rings is 3. The van der Waals surface area contributed by atoms with Crippen molar-refractivity contribution in [1.82, 2.24) is 5.32 Å². The molecule has 0 saturated heterocycles. The van der Waals surface area contributed by atoms with Crippen molar-refractivity contribution >= 4 is 17.5 Å². The Morgan fingerprint density at radius 2 is 1.78 bits per heavy atom. The minimum absolute atomic E-state index is 0.151. The van der Waals surface area contributed by atoms with Gasteiger partial charge in [-0.1, -0.05) is 49.4 Å². The Kier molecular flexibility index (Phi) is 5.99. The predicted molar refractivity (Wildman–Crippen MR) is 126 cm³/mol. The van der Waals surface area contributed by atoms with Gasteiger partial charge in [0, 0.05) is 24.2 Å². The van der Waals surface area contributed by atoms with Crippen LogP contribution in [0.1, 0.15) is 40.9 Å². The fourth-order valence-corrected chi connectivity index (χ4v) is 4.29. The summed E-state index contributed by atoms with van der Waals surface area (Å²) >= 11 is 0. The summed E-state index contributed by atoms with van der Waals surface area (Å²) in [5, 5.41) is 3.05. The van der Waals surface area contributed by atoms with E-state index in [2.05, 4.69) is 12.2 Å². The zero-order chi connectivity index (χ0) is 22.7. The van der Waals surface area contributed by atoms with Crippen LogP contribution in [-0.2, 0) is 24.2 Å². The van der Waals surface area contributed by atoms with Gasteiger partial charge < -0.3 is 10.1 Å². The largest absolute Gasteiger partial charge is 0.497 e. The number of carbonyl (C=O) groups excluding carboxylic acids is 2.